The van der Waals surface area contributed by atoms with E-state index < -0.39 is 8.80 Å². The summed E-state index contributed by atoms with van der Waals surface area (Å²) in [6.45, 7) is 10.2. The van der Waals surface area contributed by atoms with Crippen molar-refractivity contribution >= 4 is 8.80 Å². The summed E-state index contributed by atoms with van der Waals surface area (Å²) in [4.78, 5) is 0. The van der Waals surface area contributed by atoms with E-state index in [2.05, 4.69) is 0 Å². The van der Waals surface area contributed by atoms with E-state index in [-0.39, 0.29) is 0 Å². The Hall–Kier alpha value is 0.0169. The molecular weight excluding hydrogens is 264 g/mol. The second-order valence-corrected chi connectivity index (χ2v) is 7.20. The molecule has 1 aliphatic heterocycles. The number of epoxide rings is 1. The Balaban J connectivity index is 2.17. The zero-order chi connectivity index (χ0) is 14.0. The zero-order valence-corrected chi connectivity index (χ0v) is 13.5. The summed E-state index contributed by atoms with van der Waals surface area (Å²) in [5.41, 5.74) is 0. The molecule has 114 valence electrons. The van der Waals surface area contributed by atoms with E-state index in [1.165, 1.54) is 0 Å². The Morgan fingerprint density at radius 1 is 1.00 bits per heavy atom. The predicted octanol–water partition coefficient (Wildman–Crippen LogP) is 2.23. The summed E-state index contributed by atoms with van der Waals surface area (Å²) in [6.07, 6.45) is 2.37. The molecule has 0 aromatic heterocycles. The molecule has 1 unspecified atom stereocenters. The van der Waals surface area contributed by atoms with E-state index in [9.17, 15) is 0 Å². The summed E-state index contributed by atoms with van der Waals surface area (Å²) in [7, 11) is -2.45. The molecule has 5 nitrogen and oxygen atoms in total. The van der Waals surface area contributed by atoms with Crippen molar-refractivity contribution in [2.75, 3.05) is 39.6 Å². The minimum absolute atomic E-state index is 0.351. The minimum atomic E-state index is -2.45. The van der Waals surface area contributed by atoms with Crippen molar-refractivity contribution < 1.29 is 22.8 Å². The number of hydrogen-bond acceptors (Lipinski definition) is 5. The molecule has 0 N–H and O–H groups in total. The van der Waals surface area contributed by atoms with Crippen molar-refractivity contribution in [2.24, 2.45) is 0 Å². The molecule has 0 aromatic carbocycles. The fraction of sp³-hybridized carbons (Fsp3) is 1.00. The molecule has 0 saturated carbocycles. The predicted molar refractivity (Wildman–Crippen MR) is 75.2 cm³/mol. The molecule has 0 bridgehead atoms. The smallest absolute Gasteiger partial charge is 0.379 e. The lowest BCUT2D eigenvalue weighted by molar-refractivity contribution is 0.0689. The normalized spacial score (nSPS) is 18.8. The highest BCUT2D eigenvalue weighted by Crippen LogP contribution is 2.19. The van der Waals surface area contributed by atoms with Gasteiger partial charge in [-0.25, -0.2) is 0 Å². The van der Waals surface area contributed by atoms with Gasteiger partial charge in [0.15, 0.2) is 0 Å². The fourth-order valence-corrected chi connectivity index (χ4v) is 4.61. The van der Waals surface area contributed by atoms with Gasteiger partial charge in [0, 0.05) is 32.5 Å². The van der Waals surface area contributed by atoms with Gasteiger partial charge < -0.3 is 22.8 Å². The van der Waals surface area contributed by atoms with Crippen LogP contribution in [0.4, 0.5) is 0 Å². The lowest BCUT2D eigenvalue weighted by Gasteiger charge is -2.28. The first-order chi connectivity index (χ1) is 9.26. The first-order valence-electron chi connectivity index (χ1n) is 7.37. The number of rotatable bonds is 13. The van der Waals surface area contributed by atoms with E-state index in [4.69, 9.17) is 22.8 Å². The quantitative estimate of drug-likeness (QED) is 0.296. The van der Waals surface area contributed by atoms with Gasteiger partial charge in [0.25, 0.3) is 0 Å². The van der Waals surface area contributed by atoms with E-state index in [0.29, 0.717) is 25.9 Å². The topological polar surface area (TPSA) is 49.5 Å². The van der Waals surface area contributed by atoms with Crippen molar-refractivity contribution in [3.63, 3.8) is 0 Å². The highest BCUT2D eigenvalue weighted by atomic mass is 28.4. The zero-order valence-electron chi connectivity index (χ0n) is 12.5. The van der Waals surface area contributed by atoms with Gasteiger partial charge in [-0.2, -0.15) is 0 Å². The summed E-state index contributed by atoms with van der Waals surface area (Å²) >= 11 is 0. The maximum atomic E-state index is 5.80. The van der Waals surface area contributed by atoms with Crippen LogP contribution < -0.4 is 0 Å². The Bertz CT molecular complexity index is 206. The number of hydrogen-bond donors (Lipinski definition) is 0. The van der Waals surface area contributed by atoms with Crippen LogP contribution in [-0.4, -0.2) is 54.5 Å². The summed E-state index contributed by atoms with van der Waals surface area (Å²) in [6, 6.07) is 0.867. The Kier molecular flexibility index (Phi) is 8.85. The van der Waals surface area contributed by atoms with Crippen molar-refractivity contribution in [1.82, 2.24) is 0 Å². The monoisotopic (exact) mass is 292 g/mol. The molecule has 6 heteroatoms. The molecule has 19 heavy (non-hydrogen) atoms. The summed E-state index contributed by atoms with van der Waals surface area (Å²) < 4.78 is 28.0. The highest BCUT2D eigenvalue weighted by Gasteiger charge is 2.39. The van der Waals surface area contributed by atoms with Crippen LogP contribution in [0.1, 0.15) is 33.6 Å². The van der Waals surface area contributed by atoms with Gasteiger partial charge >= 0.3 is 8.80 Å². The van der Waals surface area contributed by atoms with Gasteiger partial charge in [-0.05, 0) is 33.6 Å². The molecule has 0 aromatic rings. The second-order valence-electron chi connectivity index (χ2n) is 4.47. The van der Waals surface area contributed by atoms with Gasteiger partial charge in [0.05, 0.1) is 13.2 Å². The third-order valence-electron chi connectivity index (χ3n) is 2.82. The third-order valence-corrected chi connectivity index (χ3v) is 5.97. The lowest BCUT2D eigenvalue weighted by atomic mass is 10.3. The molecule has 0 amide bonds. The Labute approximate surface area is 117 Å². The molecular formula is C13H28O5Si. The maximum Gasteiger partial charge on any atom is 0.500 e. The summed E-state index contributed by atoms with van der Waals surface area (Å²) in [5.74, 6) is 0. The molecule has 1 atom stereocenters. The molecule has 0 spiro atoms. The van der Waals surface area contributed by atoms with Crippen molar-refractivity contribution in [2.45, 2.75) is 45.8 Å². The molecule has 0 aliphatic carbocycles. The van der Waals surface area contributed by atoms with Crippen LogP contribution in [0.3, 0.4) is 0 Å². The van der Waals surface area contributed by atoms with E-state index in [1.54, 1.807) is 0 Å². The average molecular weight is 292 g/mol. The number of unbranched alkanes of at least 4 members (excludes halogenated alkanes) is 1. The SMILES string of the molecule is CCO[Si](CCCCOCC1CO1)(OCC)OCC. The van der Waals surface area contributed by atoms with Crippen LogP contribution in [0.2, 0.25) is 6.04 Å². The first-order valence-corrected chi connectivity index (χ1v) is 9.30. The van der Waals surface area contributed by atoms with E-state index in [0.717, 1.165) is 38.7 Å². The van der Waals surface area contributed by atoms with Crippen molar-refractivity contribution in [3.05, 3.63) is 0 Å². The second kappa shape index (κ2) is 9.85. The average Bonchev–Trinajstić information content (AvgIpc) is 3.19. The van der Waals surface area contributed by atoms with Crippen LogP contribution in [0, 0.1) is 0 Å². The van der Waals surface area contributed by atoms with Crippen LogP contribution in [0.5, 0.6) is 0 Å². The highest BCUT2D eigenvalue weighted by molar-refractivity contribution is 6.60. The molecule has 0 radical (unpaired) electrons. The van der Waals surface area contributed by atoms with Gasteiger partial charge in [-0.3, -0.25) is 0 Å². The Morgan fingerprint density at radius 3 is 2.05 bits per heavy atom. The third kappa shape index (κ3) is 7.39. The molecule has 1 aliphatic rings. The minimum Gasteiger partial charge on any atom is -0.379 e. The number of ether oxygens (including phenoxy) is 2. The first kappa shape index (κ1) is 17.1. The van der Waals surface area contributed by atoms with E-state index in [1.807, 2.05) is 20.8 Å². The molecule has 1 saturated heterocycles. The fourth-order valence-electron chi connectivity index (χ4n) is 1.93. The standard InChI is InChI=1S/C13H28O5Si/c1-4-16-19(17-5-2,18-6-3)10-8-7-9-14-11-13-12-15-13/h13H,4-12H2,1-3H3. The van der Waals surface area contributed by atoms with Crippen molar-refractivity contribution in [3.8, 4) is 0 Å². The lowest BCUT2D eigenvalue weighted by Crippen LogP contribution is -2.45. The van der Waals surface area contributed by atoms with Crippen LogP contribution in [0.15, 0.2) is 0 Å². The van der Waals surface area contributed by atoms with Crippen LogP contribution in [0.25, 0.3) is 0 Å². The maximum absolute atomic E-state index is 5.80. The van der Waals surface area contributed by atoms with Crippen LogP contribution >= 0.6 is 0 Å². The van der Waals surface area contributed by atoms with E-state index >= 15 is 0 Å². The molecule has 1 heterocycles. The largest absolute Gasteiger partial charge is 0.500 e. The van der Waals surface area contributed by atoms with Gasteiger partial charge in [-0.1, -0.05) is 0 Å². The molecule has 1 fully saturated rings. The van der Waals surface area contributed by atoms with Gasteiger partial charge in [0.2, 0.25) is 0 Å². The van der Waals surface area contributed by atoms with Gasteiger partial charge in [-0.15, -0.1) is 0 Å². The molecule has 1 rings (SSSR count). The summed E-state index contributed by atoms with van der Waals surface area (Å²) in [5, 5.41) is 0. The van der Waals surface area contributed by atoms with Crippen LogP contribution in [-0.2, 0) is 22.8 Å². The Morgan fingerprint density at radius 2 is 1.58 bits per heavy atom. The van der Waals surface area contributed by atoms with Gasteiger partial charge in [0.1, 0.15) is 6.10 Å². The van der Waals surface area contributed by atoms with Crippen molar-refractivity contribution in [1.29, 1.82) is 0 Å².